The first-order valence-corrected chi connectivity index (χ1v) is 24.5. The van der Waals surface area contributed by atoms with Crippen LogP contribution in [0.5, 0.6) is 0 Å². The predicted octanol–water partition coefficient (Wildman–Crippen LogP) is 6.52. The van der Waals surface area contributed by atoms with Crippen molar-refractivity contribution in [2.45, 2.75) is 74.8 Å². The summed E-state index contributed by atoms with van der Waals surface area (Å²) in [6, 6.07) is 4.88. The summed E-state index contributed by atoms with van der Waals surface area (Å²) in [4.78, 5) is 30.7. The van der Waals surface area contributed by atoms with Crippen molar-refractivity contribution >= 4 is 60.1 Å². The maximum Gasteiger partial charge on any atom is 0.435 e. The van der Waals surface area contributed by atoms with E-state index in [0.29, 0.717) is 21.3 Å². The third-order valence-corrected chi connectivity index (χ3v) is 14.8. The van der Waals surface area contributed by atoms with E-state index in [1.54, 1.807) is 0 Å². The van der Waals surface area contributed by atoms with Crippen LogP contribution in [-0.2, 0) is 65.8 Å². The molecule has 0 spiro atoms. The predicted molar refractivity (Wildman–Crippen MR) is 230 cm³/mol. The Labute approximate surface area is 396 Å². The van der Waals surface area contributed by atoms with E-state index in [2.05, 4.69) is 32.3 Å². The van der Waals surface area contributed by atoms with E-state index >= 15 is 8.78 Å². The maximum absolute atomic E-state index is 15.6. The average molecular weight is 1060 g/mol. The quantitative estimate of drug-likeness (QED) is 0.0531. The number of anilines is 1. The van der Waals surface area contributed by atoms with Gasteiger partial charge in [-0.1, -0.05) is 23.6 Å². The number of sulfonamides is 1. The second-order valence-corrected chi connectivity index (χ2v) is 21.9. The number of fused-ring (bicyclic) bond motifs is 4. The Hall–Kier alpha value is -5.98. The van der Waals surface area contributed by atoms with Crippen molar-refractivity contribution in [3.63, 3.8) is 0 Å². The fourth-order valence-corrected chi connectivity index (χ4v) is 9.10. The first kappa shape index (κ1) is 51.9. The SMILES string of the molecule is CC(C)(C#Cc1ccc(-c2ccc(Cl)c3c(N(COC(=O)CN)S(C)(=O)=O)nn(CC(F)(F)F)c23)c([C@H](Cc2cc(F)cc(F)c2)NC(=O)Cn2nc(C(F)(F)F)c3c2C(F)(F)[C@@H]2CC32)n1)S(C)(=O)=O. The lowest BCUT2D eigenvalue weighted by Crippen LogP contribution is -2.35. The Morgan fingerprint density at radius 1 is 0.986 bits per heavy atom. The van der Waals surface area contributed by atoms with Crippen molar-refractivity contribution in [1.82, 2.24) is 29.9 Å². The van der Waals surface area contributed by atoms with Gasteiger partial charge < -0.3 is 15.8 Å². The van der Waals surface area contributed by atoms with Crippen molar-refractivity contribution in [2.24, 2.45) is 11.7 Å². The molecular weight excluding hydrogens is 1020 g/mol. The molecule has 5 aromatic rings. The van der Waals surface area contributed by atoms with Crippen LogP contribution in [0, 0.1) is 29.4 Å². The number of sulfone groups is 1. The molecule has 3 aromatic heterocycles. The molecule has 0 radical (unpaired) electrons. The fourth-order valence-electron chi connectivity index (χ4n) is 7.94. The van der Waals surface area contributed by atoms with Crippen molar-refractivity contribution < 1.29 is 75.1 Å². The summed E-state index contributed by atoms with van der Waals surface area (Å²) < 4.78 is 202. The lowest BCUT2D eigenvalue weighted by atomic mass is 9.93. The molecule has 7 rings (SSSR count). The molecule has 15 nitrogen and oxygen atoms in total. The molecule has 3 N–H and O–H groups in total. The van der Waals surface area contributed by atoms with Crippen LogP contribution in [0.3, 0.4) is 0 Å². The third-order valence-electron chi connectivity index (χ3n) is 11.5. The van der Waals surface area contributed by atoms with Crippen molar-refractivity contribution in [1.29, 1.82) is 0 Å². The van der Waals surface area contributed by atoms with Crippen LogP contribution in [0.1, 0.15) is 66.1 Å². The molecule has 1 saturated carbocycles. The molecule has 1 fully saturated rings. The Kier molecular flexibility index (Phi) is 13.3. The number of benzene rings is 2. The molecule has 2 aliphatic rings. The fraction of sp³-hybridized carbons (Fsp3) is 0.405. The van der Waals surface area contributed by atoms with Crippen molar-refractivity contribution in [2.75, 3.05) is 30.1 Å². The number of aromatic nitrogens is 5. The molecule has 3 atom stereocenters. The summed E-state index contributed by atoms with van der Waals surface area (Å²) in [6.45, 7) is -2.65. The van der Waals surface area contributed by atoms with Gasteiger partial charge in [0.15, 0.2) is 28.1 Å². The van der Waals surface area contributed by atoms with Gasteiger partial charge in [-0.3, -0.25) is 19.0 Å². The number of carbonyl (C=O) groups excluding carboxylic acids is 2. The first-order chi connectivity index (χ1) is 32.2. The molecule has 376 valence electrons. The van der Waals surface area contributed by atoms with E-state index in [-0.39, 0.29) is 33.5 Å². The van der Waals surface area contributed by atoms with Gasteiger partial charge in [0, 0.05) is 34.9 Å². The summed E-state index contributed by atoms with van der Waals surface area (Å²) in [6.07, 6.45) is -9.79. The van der Waals surface area contributed by atoms with Crippen LogP contribution in [0.2, 0.25) is 5.02 Å². The van der Waals surface area contributed by atoms with Crippen LogP contribution in [-0.4, -0.2) is 90.0 Å². The molecule has 0 aliphatic heterocycles. The maximum atomic E-state index is 15.6. The minimum Gasteiger partial charge on any atom is -0.442 e. The van der Waals surface area contributed by atoms with Gasteiger partial charge in [0.2, 0.25) is 15.9 Å². The van der Waals surface area contributed by atoms with Crippen LogP contribution in [0.25, 0.3) is 22.0 Å². The summed E-state index contributed by atoms with van der Waals surface area (Å²) in [5.41, 5.74) is -0.428. The van der Waals surface area contributed by atoms with Crippen molar-refractivity contribution in [3.05, 3.63) is 93.0 Å². The highest BCUT2D eigenvalue weighted by molar-refractivity contribution is 7.92. The third kappa shape index (κ3) is 10.4. The second kappa shape index (κ2) is 18.0. The lowest BCUT2D eigenvalue weighted by Gasteiger charge is -2.23. The Balaban J connectivity index is 1.48. The minimum atomic E-state index is -5.22. The van der Waals surface area contributed by atoms with E-state index in [9.17, 15) is 61.5 Å². The lowest BCUT2D eigenvalue weighted by molar-refractivity contribution is -0.143. The highest BCUT2D eigenvalue weighted by atomic mass is 35.5. The summed E-state index contributed by atoms with van der Waals surface area (Å²) in [5.74, 6) is -6.95. The summed E-state index contributed by atoms with van der Waals surface area (Å²) >= 11 is 6.60. The number of carbonyl (C=O) groups is 2. The van der Waals surface area contributed by atoms with Gasteiger partial charge >= 0.3 is 18.3 Å². The number of hydrogen-bond donors (Lipinski definition) is 2. The Bertz CT molecular complexity index is 3240. The number of esters is 1. The van der Waals surface area contributed by atoms with Gasteiger partial charge in [-0.05, 0) is 74.4 Å². The molecule has 2 aliphatic carbocycles. The smallest absolute Gasteiger partial charge is 0.435 e. The number of halogens is 11. The summed E-state index contributed by atoms with van der Waals surface area (Å²) in [7, 11) is -8.49. The molecule has 2 aromatic carbocycles. The number of ether oxygens (including phenoxy) is 1. The van der Waals surface area contributed by atoms with Gasteiger partial charge in [0.05, 0.1) is 40.5 Å². The number of rotatable bonds is 14. The number of hydrogen-bond acceptors (Lipinski definition) is 11. The zero-order valence-corrected chi connectivity index (χ0v) is 39.0. The standard InChI is InChI=1S/C42H37ClF10N8O7S2/c1-39(2,69(3,64)65)10-9-23-5-6-24(25-7-8-28(43)33-35(25)60(18-40(46,47)48)58-38(33)61(70(4,66)67)19-68-31(63)16-54)34(55-23)29(13-20-11-21(44)14-22(45)12-20)56-30(62)17-59-37-32(36(57-59)42(51,52)53)26-15-27(26)41(37,49)50/h5-8,11-12,14,26-27,29H,13,15-19,54H2,1-4H3,(H,56,62)/t26?,27-,29+/m1/s1. The van der Waals surface area contributed by atoms with E-state index in [0.717, 1.165) is 36.6 Å². The average Bonchev–Trinajstić information content (AvgIpc) is 3.73. The number of amides is 1. The summed E-state index contributed by atoms with van der Waals surface area (Å²) in [5, 5.41) is 8.83. The number of pyridine rings is 1. The molecule has 70 heavy (non-hydrogen) atoms. The highest BCUT2D eigenvalue weighted by Crippen LogP contribution is 2.68. The highest BCUT2D eigenvalue weighted by Gasteiger charge is 2.68. The largest absolute Gasteiger partial charge is 0.442 e. The normalized spacial score (nSPS) is 17.1. The molecule has 0 bridgehead atoms. The second-order valence-electron chi connectivity index (χ2n) is 17.0. The van der Waals surface area contributed by atoms with Crippen LogP contribution in [0.15, 0.2) is 42.5 Å². The number of alkyl halides is 8. The van der Waals surface area contributed by atoms with Crippen LogP contribution in [0.4, 0.5) is 49.7 Å². The molecule has 1 unspecified atom stereocenters. The van der Waals surface area contributed by atoms with Crippen LogP contribution >= 0.6 is 11.6 Å². The van der Waals surface area contributed by atoms with Gasteiger partial charge in [-0.2, -0.15) is 45.3 Å². The molecule has 28 heteroatoms. The minimum absolute atomic E-state index is 0.195. The van der Waals surface area contributed by atoms with Gasteiger partial charge in [-0.15, -0.1) is 0 Å². The Morgan fingerprint density at radius 3 is 2.21 bits per heavy atom. The van der Waals surface area contributed by atoms with E-state index in [1.807, 2.05) is 0 Å². The molecule has 3 heterocycles. The topological polar surface area (TPSA) is 201 Å². The number of nitrogens with one attached hydrogen (secondary N) is 1. The van der Waals surface area contributed by atoms with Gasteiger partial charge in [0.25, 0.3) is 5.92 Å². The van der Waals surface area contributed by atoms with E-state index in [1.165, 1.54) is 19.9 Å². The molecule has 0 saturated heterocycles. The zero-order valence-electron chi connectivity index (χ0n) is 36.6. The number of nitrogens with two attached hydrogens (primary N) is 1. The van der Waals surface area contributed by atoms with E-state index < -0.39 is 161 Å². The van der Waals surface area contributed by atoms with E-state index in [4.69, 9.17) is 22.1 Å². The van der Waals surface area contributed by atoms with Crippen molar-refractivity contribution in [3.8, 4) is 23.0 Å². The number of nitrogens with zero attached hydrogens (tertiary/aromatic N) is 6. The monoisotopic (exact) mass is 1050 g/mol. The Morgan fingerprint density at radius 2 is 1.63 bits per heavy atom. The van der Waals surface area contributed by atoms with Gasteiger partial charge in [-0.25, -0.2) is 34.9 Å². The molecular formula is C42H37ClF10N8O7S2. The van der Waals surface area contributed by atoms with Gasteiger partial charge in [0.1, 0.15) is 40.9 Å². The zero-order chi connectivity index (χ0) is 51.8. The van der Waals surface area contributed by atoms with Crippen LogP contribution < -0.4 is 15.4 Å². The molecule has 1 amide bonds. The first-order valence-electron chi connectivity index (χ1n) is 20.4.